The second-order valence-corrected chi connectivity index (χ2v) is 11.0. The highest BCUT2D eigenvalue weighted by Gasteiger charge is 2.09. The summed E-state index contributed by atoms with van der Waals surface area (Å²) in [4.78, 5) is 13.5. The highest BCUT2D eigenvalue weighted by molar-refractivity contribution is 6.28. The minimum absolute atomic E-state index is 0.612. The zero-order chi connectivity index (χ0) is 25.1. The first-order valence-electron chi connectivity index (χ1n) is 13.7. The van der Waals surface area contributed by atoms with E-state index in [0.29, 0.717) is 18.4 Å². The lowest BCUT2D eigenvalue weighted by molar-refractivity contribution is 0.123. The summed E-state index contributed by atoms with van der Waals surface area (Å²) in [6, 6.07) is 5.03. The van der Waals surface area contributed by atoms with Crippen molar-refractivity contribution in [3.8, 4) is 23.0 Å². The summed E-state index contributed by atoms with van der Waals surface area (Å²) in [5, 5.41) is 0. The molecule has 0 saturated heterocycles. The smallest absolute Gasteiger partial charge is 0.221 e. The molecule has 196 valence electrons. The molecule has 0 N–H and O–H groups in total. The zero-order valence-corrected chi connectivity index (χ0v) is 23.9. The van der Waals surface area contributed by atoms with Gasteiger partial charge >= 0.3 is 0 Å². The predicted molar refractivity (Wildman–Crippen MR) is 147 cm³/mol. The van der Waals surface area contributed by atoms with Crippen LogP contribution in [0.2, 0.25) is 6.04 Å². The molecule has 0 aromatic carbocycles. The van der Waals surface area contributed by atoms with Crippen molar-refractivity contribution in [1.82, 2.24) is 15.0 Å². The number of rotatable bonds is 20. The van der Waals surface area contributed by atoms with E-state index in [1.807, 2.05) is 12.1 Å². The third kappa shape index (κ3) is 13.0. The number of hydrogen-bond acceptors (Lipinski definition) is 6. The summed E-state index contributed by atoms with van der Waals surface area (Å²) in [5.41, 5.74) is 1.50. The van der Waals surface area contributed by atoms with E-state index in [2.05, 4.69) is 42.6 Å². The van der Waals surface area contributed by atoms with Crippen molar-refractivity contribution in [3.63, 3.8) is 0 Å². The molecule has 2 rings (SSSR count). The van der Waals surface area contributed by atoms with Crippen molar-refractivity contribution in [2.45, 2.75) is 91.5 Å². The molecule has 2 aromatic rings. The van der Waals surface area contributed by atoms with Gasteiger partial charge in [0.1, 0.15) is 11.4 Å². The standard InChI is InChI=1S/C28H47N3O3Si/c1-5-7-11-23(3)12-13-24(4)22-35-34-28-21-29-20-27(31-28)26-15-14-25(19-30-26)33-18-10-9-17-32-16-8-6-2/h14-15,19-21,23-24H,5-13,16-18,22,35H2,1-4H3. The van der Waals surface area contributed by atoms with Gasteiger partial charge in [-0.2, -0.15) is 0 Å². The van der Waals surface area contributed by atoms with Crippen LogP contribution < -0.4 is 9.16 Å². The van der Waals surface area contributed by atoms with Gasteiger partial charge in [0.2, 0.25) is 15.6 Å². The number of pyridine rings is 1. The molecule has 0 fully saturated rings. The molecule has 0 spiro atoms. The summed E-state index contributed by atoms with van der Waals surface area (Å²) in [6.07, 6.45) is 16.1. The molecule has 2 heterocycles. The fraction of sp³-hybridized carbons (Fsp3) is 0.679. The summed E-state index contributed by atoms with van der Waals surface area (Å²) in [5.74, 6) is 2.93. The molecular formula is C28H47N3O3Si. The Balaban J connectivity index is 1.68. The topological polar surface area (TPSA) is 66.4 Å². The van der Waals surface area contributed by atoms with Crippen LogP contribution in [0.1, 0.15) is 85.5 Å². The van der Waals surface area contributed by atoms with Crippen molar-refractivity contribution in [1.29, 1.82) is 0 Å². The van der Waals surface area contributed by atoms with Crippen LogP contribution in [-0.4, -0.2) is 44.5 Å². The number of ether oxygens (including phenoxy) is 2. The van der Waals surface area contributed by atoms with E-state index >= 15 is 0 Å². The van der Waals surface area contributed by atoms with Crippen molar-refractivity contribution in [2.75, 3.05) is 19.8 Å². The van der Waals surface area contributed by atoms with Crippen LogP contribution in [0, 0.1) is 11.8 Å². The molecule has 6 nitrogen and oxygen atoms in total. The SMILES string of the molecule is CCCCOCCCCOc1ccc(-c2cncc(O[SiH2]CC(C)CCC(C)CCCC)n2)nc1. The molecular weight excluding hydrogens is 454 g/mol. The fourth-order valence-corrected chi connectivity index (χ4v) is 4.93. The van der Waals surface area contributed by atoms with Gasteiger partial charge in [0.05, 0.1) is 30.9 Å². The van der Waals surface area contributed by atoms with Gasteiger partial charge in [-0.15, -0.1) is 0 Å². The minimum atomic E-state index is -0.670. The lowest BCUT2D eigenvalue weighted by Crippen LogP contribution is -2.09. The Morgan fingerprint density at radius 2 is 1.57 bits per heavy atom. The minimum Gasteiger partial charge on any atom is -0.535 e. The fourth-order valence-electron chi connectivity index (χ4n) is 3.78. The van der Waals surface area contributed by atoms with Crippen LogP contribution in [-0.2, 0) is 4.74 Å². The monoisotopic (exact) mass is 501 g/mol. The second kappa shape index (κ2) is 18.3. The van der Waals surface area contributed by atoms with Crippen molar-refractivity contribution in [3.05, 3.63) is 30.7 Å². The van der Waals surface area contributed by atoms with E-state index in [0.717, 1.165) is 55.5 Å². The Bertz CT molecular complexity index is 791. The van der Waals surface area contributed by atoms with Gasteiger partial charge in [0.15, 0.2) is 0 Å². The largest absolute Gasteiger partial charge is 0.535 e. The number of aromatic nitrogens is 3. The van der Waals surface area contributed by atoms with Gasteiger partial charge < -0.3 is 13.9 Å². The first kappa shape index (κ1) is 29.2. The Hall–Kier alpha value is -1.99. The van der Waals surface area contributed by atoms with Gasteiger partial charge in [-0.05, 0) is 49.3 Å². The maximum absolute atomic E-state index is 6.04. The van der Waals surface area contributed by atoms with E-state index in [4.69, 9.17) is 13.9 Å². The average Bonchev–Trinajstić information content (AvgIpc) is 2.88. The van der Waals surface area contributed by atoms with Crippen LogP contribution in [0.15, 0.2) is 30.7 Å². The van der Waals surface area contributed by atoms with Crippen LogP contribution >= 0.6 is 0 Å². The van der Waals surface area contributed by atoms with Crippen molar-refractivity contribution in [2.24, 2.45) is 11.8 Å². The molecule has 35 heavy (non-hydrogen) atoms. The van der Waals surface area contributed by atoms with Gasteiger partial charge in [0.25, 0.3) is 0 Å². The third-order valence-electron chi connectivity index (χ3n) is 6.27. The van der Waals surface area contributed by atoms with Crippen molar-refractivity contribution < 1.29 is 13.9 Å². The van der Waals surface area contributed by atoms with Gasteiger partial charge in [0, 0.05) is 13.2 Å². The summed E-state index contributed by atoms with van der Waals surface area (Å²) in [7, 11) is -0.670. The number of hydrogen-bond donors (Lipinski definition) is 0. The van der Waals surface area contributed by atoms with E-state index in [1.165, 1.54) is 44.6 Å². The van der Waals surface area contributed by atoms with Gasteiger partial charge in [-0.1, -0.05) is 66.2 Å². The quantitative estimate of drug-likeness (QED) is 0.150. The molecule has 0 saturated carbocycles. The summed E-state index contributed by atoms with van der Waals surface area (Å²) >= 11 is 0. The summed E-state index contributed by atoms with van der Waals surface area (Å²) < 4.78 is 17.4. The maximum atomic E-state index is 6.04. The first-order valence-corrected chi connectivity index (χ1v) is 15.3. The Morgan fingerprint density at radius 1 is 0.800 bits per heavy atom. The lowest BCUT2D eigenvalue weighted by Gasteiger charge is -2.15. The molecule has 0 amide bonds. The van der Waals surface area contributed by atoms with E-state index in [1.54, 1.807) is 18.6 Å². The molecule has 0 bridgehead atoms. The molecule has 0 aliphatic heterocycles. The van der Waals surface area contributed by atoms with E-state index in [9.17, 15) is 0 Å². The zero-order valence-electron chi connectivity index (χ0n) is 22.5. The van der Waals surface area contributed by atoms with Crippen LogP contribution in [0.4, 0.5) is 0 Å². The Kier molecular flexibility index (Phi) is 15.3. The van der Waals surface area contributed by atoms with Crippen molar-refractivity contribution >= 4 is 9.76 Å². The predicted octanol–water partition coefficient (Wildman–Crippen LogP) is 6.64. The third-order valence-corrected chi connectivity index (χ3v) is 7.99. The lowest BCUT2D eigenvalue weighted by atomic mass is 9.95. The molecule has 7 heteroatoms. The molecule has 2 atom stereocenters. The highest BCUT2D eigenvalue weighted by Crippen LogP contribution is 2.21. The molecule has 0 aliphatic carbocycles. The first-order chi connectivity index (χ1) is 17.1. The Morgan fingerprint density at radius 3 is 2.34 bits per heavy atom. The average molecular weight is 502 g/mol. The van der Waals surface area contributed by atoms with Crippen LogP contribution in [0.25, 0.3) is 11.4 Å². The number of unbranched alkanes of at least 4 members (excludes halogenated alkanes) is 3. The maximum Gasteiger partial charge on any atom is 0.221 e. The second-order valence-electron chi connectivity index (χ2n) is 9.71. The van der Waals surface area contributed by atoms with Gasteiger partial charge in [-0.25, -0.2) is 4.98 Å². The van der Waals surface area contributed by atoms with E-state index < -0.39 is 9.76 Å². The molecule has 2 unspecified atom stereocenters. The molecule has 0 aliphatic rings. The summed E-state index contributed by atoms with van der Waals surface area (Å²) in [6.45, 7) is 11.5. The normalized spacial score (nSPS) is 13.3. The molecule has 2 aromatic heterocycles. The van der Waals surface area contributed by atoms with Crippen LogP contribution in [0.3, 0.4) is 0 Å². The molecule has 0 radical (unpaired) electrons. The highest BCUT2D eigenvalue weighted by atomic mass is 28.2. The van der Waals surface area contributed by atoms with E-state index in [-0.39, 0.29) is 0 Å². The van der Waals surface area contributed by atoms with Crippen LogP contribution in [0.5, 0.6) is 11.6 Å². The number of nitrogens with zero attached hydrogens (tertiary/aromatic N) is 3. The Labute approximate surface area is 215 Å². The van der Waals surface area contributed by atoms with Gasteiger partial charge in [-0.3, -0.25) is 9.97 Å².